The molecule has 1 saturated heterocycles. The summed E-state index contributed by atoms with van der Waals surface area (Å²) in [6, 6.07) is 12.1. The van der Waals surface area contributed by atoms with Crippen LogP contribution in [0.5, 0.6) is 5.75 Å². The highest BCUT2D eigenvalue weighted by Gasteiger charge is 2.30. The Bertz CT molecular complexity index is 963. The Labute approximate surface area is 177 Å². The quantitative estimate of drug-likeness (QED) is 0.645. The van der Waals surface area contributed by atoms with Crippen LogP contribution in [0.1, 0.15) is 43.0 Å². The van der Waals surface area contributed by atoms with Crippen molar-refractivity contribution in [1.82, 2.24) is 9.62 Å². The minimum atomic E-state index is -3.55. The van der Waals surface area contributed by atoms with Gasteiger partial charge in [0, 0.05) is 24.7 Å². The van der Waals surface area contributed by atoms with E-state index in [9.17, 15) is 17.6 Å². The van der Waals surface area contributed by atoms with Crippen molar-refractivity contribution in [2.45, 2.75) is 43.5 Å². The van der Waals surface area contributed by atoms with Crippen molar-refractivity contribution < 1.29 is 22.3 Å². The molecule has 0 aliphatic carbocycles. The Hall–Kier alpha value is -2.45. The van der Waals surface area contributed by atoms with E-state index in [2.05, 4.69) is 5.32 Å². The molecular formula is C22H27FN2O4S. The zero-order valence-corrected chi connectivity index (χ0v) is 17.8. The van der Waals surface area contributed by atoms with Gasteiger partial charge in [-0.05, 0) is 62.6 Å². The smallest absolute Gasteiger partial charge is 0.251 e. The third-order valence-electron chi connectivity index (χ3n) is 5.17. The lowest BCUT2D eigenvalue weighted by molar-refractivity contribution is 0.0951. The number of hydrogen-bond donors (Lipinski definition) is 1. The molecule has 1 unspecified atom stereocenters. The molecule has 0 saturated carbocycles. The number of piperidine rings is 1. The van der Waals surface area contributed by atoms with E-state index in [4.69, 9.17) is 4.74 Å². The van der Waals surface area contributed by atoms with Gasteiger partial charge in [0.2, 0.25) is 10.0 Å². The largest absolute Gasteiger partial charge is 0.490 e. The summed E-state index contributed by atoms with van der Waals surface area (Å²) >= 11 is 0. The standard InChI is InChI=1S/C22H27FN2O4S/c1-17-7-4-5-15-25(17)30(27,28)19-12-10-18(11-13-19)22(26)24-14-6-16-29-21-9-3-2-8-20(21)23/h2-3,8-13,17H,4-7,14-16H2,1H3,(H,24,26). The Morgan fingerprint density at radius 2 is 1.90 bits per heavy atom. The van der Waals surface area contributed by atoms with Crippen molar-refractivity contribution in [1.29, 1.82) is 0 Å². The maximum absolute atomic E-state index is 13.5. The fourth-order valence-corrected chi connectivity index (χ4v) is 5.16. The molecule has 1 aliphatic heterocycles. The lowest BCUT2D eigenvalue weighted by atomic mass is 10.1. The predicted octanol–water partition coefficient (Wildman–Crippen LogP) is 3.59. The van der Waals surface area contributed by atoms with E-state index in [1.54, 1.807) is 22.5 Å². The van der Waals surface area contributed by atoms with Gasteiger partial charge in [-0.2, -0.15) is 4.31 Å². The number of halogens is 1. The highest BCUT2D eigenvalue weighted by molar-refractivity contribution is 7.89. The first-order valence-electron chi connectivity index (χ1n) is 10.2. The van der Waals surface area contributed by atoms with E-state index in [1.165, 1.54) is 30.3 Å². The van der Waals surface area contributed by atoms with Crippen molar-refractivity contribution in [3.63, 3.8) is 0 Å². The molecule has 0 radical (unpaired) electrons. The highest BCUT2D eigenvalue weighted by atomic mass is 32.2. The molecule has 1 aliphatic rings. The summed E-state index contributed by atoms with van der Waals surface area (Å²) in [5.41, 5.74) is 0.385. The minimum absolute atomic E-state index is 0.0155. The average Bonchev–Trinajstić information content (AvgIpc) is 2.75. The van der Waals surface area contributed by atoms with E-state index in [0.717, 1.165) is 19.3 Å². The van der Waals surface area contributed by atoms with Crippen LogP contribution in [0, 0.1) is 5.82 Å². The number of para-hydroxylation sites is 1. The van der Waals surface area contributed by atoms with Gasteiger partial charge in [-0.15, -0.1) is 0 Å². The van der Waals surface area contributed by atoms with Crippen molar-refractivity contribution in [3.05, 3.63) is 59.9 Å². The summed E-state index contributed by atoms with van der Waals surface area (Å²) < 4.78 is 46.1. The highest BCUT2D eigenvalue weighted by Crippen LogP contribution is 2.25. The van der Waals surface area contributed by atoms with Crippen molar-refractivity contribution in [2.75, 3.05) is 19.7 Å². The summed E-state index contributed by atoms with van der Waals surface area (Å²) in [7, 11) is -3.55. The Morgan fingerprint density at radius 1 is 1.17 bits per heavy atom. The molecule has 0 bridgehead atoms. The van der Waals surface area contributed by atoms with E-state index in [-0.39, 0.29) is 29.2 Å². The SMILES string of the molecule is CC1CCCCN1S(=O)(=O)c1ccc(C(=O)NCCCOc2ccccc2F)cc1. The van der Waals surface area contributed by atoms with Gasteiger partial charge in [0.25, 0.3) is 5.91 Å². The van der Waals surface area contributed by atoms with E-state index in [1.807, 2.05) is 6.92 Å². The van der Waals surface area contributed by atoms with Crippen LogP contribution >= 0.6 is 0 Å². The molecule has 3 rings (SSSR count). The number of sulfonamides is 1. The van der Waals surface area contributed by atoms with Crippen LogP contribution in [0.3, 0.4) is 0 Å². The van der Waals surface area contributed by atoms with Crippen LogP contribution in [-0.2, 0) is 10.0 Å². The Balaban J connectivity index is 1.49. The number of ether oxygens (including phenoxy) is 1. The first kappa shape index (κ1) is 22.2. The van der Waals surface area contributed by atoms with Gasteiger partial charge >= 0.3 is 0 Å². The summed E-state index contributed by atoms with van der Waals surface area (Å²) in [6.07, 6.45) is 3.28. The maximum atomic E-state index is 13.5. The van der Waals surface area contributed by atoms with Crippen molar-refractivity contribution in [3.8, 4) is 5.75 Å². The van der Waals surface area contributed by atoms with Crippen LogP contribution < -0.4 is 10.1 Å². The molecule has 30 heavy (non-hydrogen) atoms. The molecule has 2 aromatic carbocycles. The van der Waals surface area contributed by atoms with Gasteiger partial charge < -0.3 is 10.1 Å². The van der Waals surface area contributed by atoms with E-state index in [0.29, 0.717) is 25.1 Å². The fraction of sp³-hybridized carbons (Fsp3) is 0.409. The van der Waals surface area contributed by atoms with Crippen LogP contribution in [-0.4, -0.2) is 44.4 Å². The molecule has 2 aromatic rings. The molecule has 1 fully saturated rings. The molecule has 1 N–H and O–H groups in total. The normalized spacial score (nSPS) is 17.5. The average molecular weight is 435 g/mol. The van der Waals surface area contributed by atoms with Crippen LogP contribution in [0.15, 0.2) is 53.4 Å². The summed E-state index contributed by atoms with van der Waals surface area (Å²) in [6.45, 7) is 3.08. The Morgan fingerprint density at radius 3 is 2.60 bits per heavy atom. The van der Waals surface area contributed by atoms with Gasteiger partial charge in [-0.25, -0.2) is 12.8 Å². The zero-order chi connectivity index (χ0) is 21.6. The number of carbonyl (C=O) groups is 1. The van der Waals surface area contributed by atoms with Crippen LogP contribution in [0.4, 0.5) is 4.39 Å². The zero-order valence-electron chi connectivity index (χ0n) is 17.0. The maximum Gasteiger partial charge on any atom is 0.251 e. The monoisotopic (exact) mass is 434 g/mol. The van der Waals surface area contributed by atoms with Gasteiger partial charge in [-0.1, -0.05) is 18.6 Å². The second-order valence-corrected chi connectivity index (χ2v) is 9.26. The van der Waals surface area contributed by atoms with E-state index >= 15 is 0 Å². The number of amides is 1. The molecule has 1 amide bonds. The van der Waals surface area contributed by atoms with Crippen molar-refractivity contribution >= 4 is 15.9 Å². The molecule has 1 atom stereocenters. The summed E-state index contributed by atoms with van der Waals surface area (Å²) in [4.78, 5) is 12.5. The predicted molar refractivity (Wildman–Crippen MR) is 112 cm³/mol. The third kappa shape index (κ3) is 5.37. The van der Waals surface area contributed by atoms with Crippen molar-refractivity contribution in [2.24, 2.45) is 0 Å². The lowest BCUT2D eigenvalue weighted by Gasteiger charge is -2.32. The first-order chi connectivity index (χ1) is 14.4. The van der Waals surface area contributed by atoms with Gasteiger partial charge in [0.15, 0.2) is 11.6 Å². The molecular weight excluding hydrogens is 407 g/mol. The number of carbonyl (C=O) groups excluding carboxylic acids is 1. The molecule has 0 aromatic heterocycles. The molecule has 6 nitrogen and oxygen atoms in total. The first-order valence-corrected chi connectivity index (χ1v) is 11.6. The lowest BCUT2D eigenvalue weighted by Crippen LogP contribution is -2.41. The number of rotatable bonds is 8. The number of nitrogens with one attached hydrogen (secondary N) is 1. The van der Waals surface area contributed by atoms with Crippen LogP contribution in [0.2, 0.25) is 0 Å². The Kier molecular flexibility index (Phi) is 7.44. The van der Waals surface area contributed by atoms with Crippen LogP contribution in [0.25, 0.3) is 0 Å². The van der Waals surface area contributed by atoms with E-state index < -0.39 is 15.8 Å². The third-order valence-corrected chi connectivity index (χ3v) is 7.19. The molecule has 162 valence electrons. The number of nitrogens with zero attached hydrogens (tertiary/aromatic N) is 1. The second-order valence-electron chi connectivity index (χ2n) is 7.37. The number of benzene rings is 2. The molecule has 8 heteroatoms. The molecule has 0 spiro atoms. The topological polar surface area (TPSA) is 75.7 Å². The summed E-state index contributed by atoms with van der Waals surface area (Å²) in [5.74, 6) is -0.532. The van der Waals surface area contributed by atoms with Gasteiger partial charge in [0.05, 0.1) is 11.5 Å². The minimum Gasteiger partial charge on any atom is -0.490 e. The number of hydrogen-bond acceptors (Lipinski definition) is 4. The second kappa shape index (κ2) is 10.0. The molecule has 1 heterocycles. The summed E-state index contributed by atoms with van der Waals surface area (Å²) in [5, 5.41) is 2.76. The van der Waals surface area contributed by atoms with Gasteiger partial charge in [0.1, 0.15) is 0 Å². The fourth-order valence-electron chi connectivity index (χ4n) is 3.46. The van der Waals surface area contributed by atoms with Gasteiger partial charge in [-0.3, -0.25) is 4.79 Å².